The Balaban J connectivity index is 1.43. The standard InChI is InChI=1S/C25H37N3O3/c1-4-18(5-2)13-14-30-16-24(29)28-19-9-11-20(12-10-19)31-23-8-6-7-22-25(23)21(26)15-17(3)27-22/h6-8,15,18-20H,4-5,9-14,16H2,1-3H3,(H2,26,27)(H,28,29). The van der Waals surface area contributed by atoms with E-state index in [2.05, 4.69) is 24.1 Å². The Morgan fingerprint density at radius 3 is 2.68 bits per heavy atom. The van der Waals surface area contributed by atoms with Crippen LogP contribution >= 0.6 is 0 Å². The van der Waals surface area contributed by atoms with Crippen LogP contribution in [0.25, 0.3) is 10.9 Å². The molecule has 3 rings (SSSR count). The van der Waals surface area contributed by atoms with Crippen molar-refractivity contribution in [1.82, 2.24) is 10.3 Å². The third kappa shape index (κ3) is 6.57. The molecule has 6 nitrogen and oxygen atoms in total. The van der Waals surface area contributed by atoms with Crippen molar-refractivity contribution in [1.29, 1.82) is 0 Å². The molecule has 1 heterocycles. The summed E-state index contributed by atoms with van der Waals surface area (Å²) in [5.74, 6) is 1.47. The summed E-state index contributed by atoms with van der Waals surface area (Å²) in [4.78, 5) is 16.8. The van der Waals surface area contributed by atoms with Gasteiger partial charge in [-0.15, -0.1) is 0 Å². The first kappa shape index (κ1) is 23.3. The van der Waals surface area contributed by atoms with Crippen LogP contribution in [-0.4, -0.2) is 36.3 Å². The minimum Gasteiger partial charge on any atom is -0.490 e. The highest BCUT2D eigenvalue weighted by molar-refractivity contribution is 5.95. The number of anilines is 1. The lowest BCUT2D eigenvalue weighted by Crippen LogP contribution is -2.41. The summed E-state index contributed by atoms with van der Waals surface area (Å²) in [7, 11) is 0. The molecule has 170 valence electrons. The number of carbonyl (C=O) groups is 1. The highest BCUT2D eigenvalue weighted by Gasteiger charge is 2.24. The summed E-state index contributed by atoms with van der Waals surface area (Å²) in [6, 6.07) is 7.96. The molecule has 3 N–H and O–H groups in total. The first-order chi connectivity index (χ1) is 15.0. The number of aromatic nitrogens is 1. The number of nitrogen functional groups attached to an aromatic ring is 1. The molecule has 1 saturated carbocycles. The number of hydrogen-bond acceptors (Lipinski definition) is 5. The molecular formula is C25H37N3O3. The molecule has 31 heavy (non-hydrogen) atoms. The maximum absolute atomic E-state index is 12.2. The van der Waals surface area contributed by atoms with Gasteiger partial charge in [-0.2, -0.15) is 0 Å². The number of carbonyl (C=O) groups excluding carboxylic acids is 1. The molecule has 1 amide bonds. The average Bonchev–Trinajstić information content (AvgIpc) is 2.75. The summed E-state index contributed by atoms with van der Waals surface area (Å²) in [6.45, 7) is 7.15. The van der Waals surface area contributed by atoms with E-state index in [1.165, 1.54) is 12.8 Å². The quantitative estimate of drug-likeness (QED) is 0.533. The molecule has 6 heteroatoms. The number of aryl methyl sites for hydroxylation is 1. The van der Waals surface area contributed by atoms with Gasteiger partial charge in [-0.25, -0.2) is 0 Å². The lowest BCUT2D eigenvalue weighted by molar-refractivity contribution is -0.126. The van der Waals surface area contributed by atoms with Crippen LogP contribution in [-0.2, 0) is 9.53 Å². The van der Waals surface area contributed by atoms with Gasteiger partial charge in [0.2, 0.25) is 5.91 Å². The van der Waals surface area contributed by atoms with Gasteiger partial charge < -0.3 is 20.5 Å². The molecule has 2 aromatic rings. The number of hydrogen-bond donors (Lipinski definition) is 2. The van der Waals surface area contributed by atoms with E-state index in [0.717, 1.165) is 54.5 Å². The number of pyridine rings is 1. The molecular weight excluding hydrogens is 390 g/mol. The molecule has 0 bridgehead atoms. The number of benzene rings is 1. The van der Waals surface area contributed by atoms with Gasteiger partial charge in [0.1, 0.15) is 12.4 Å². The lowest BCUT2D eigenvalue weighted by atomic mass is 9.93. The summed E-state index contributed by atoms with van der Waals surface area (Å²) in [5.41, 5.74) is 8.70. The molecule has 1 aromatic carbocycles. The highest BCUT2D eigenvalue weighted by Crippen LogP contribution is 2.33. The zero-order valence-electron chi connectivity index (χ0n) is 19.2. The minimum absolute atomic E-state index is 0.0165. The normalized spacial score (nSPS) is 19.0. The van der Waals surface area contributed by atoms with Crippen molar-refractivity contribution in [2.75, 3.05) is 18.9 Å². The van der Waals surface area contributed by atoms with Crippen molar-refractivity contribution in [3.8, 4) is 5.75 Å². The van der Waals surface area contributed by atoms with Crippen LogP contribution in [0, 0.1) is 12.8 Å². The summed E-state index contributed by atoms with van der Waals surface area (Å²) in [6.07, 6.45) is 7.08. The fourth-order valence-corrected chi connectivity index (χ4v) is 4.41. The van der Waals surface area contributed by atoms with Gasteiger partial charge in [-0.05, 0) is 63.1 Å². The van der Waals surface area contributed by atoms with Gasteiger partial charge in [-0.3, -0.25) is 9.78 Å². The van der Waals surface area contributed by atoms with Gasteiger partial charge >= 0.3 is 0 Å². The van der Waals surface area contributed by atoms with Gasteiger partial charge in [-0.1, -0.05) is 32.8 Å². The van der Waals surface area contributed by atoms with Crippen molar-refractivity contribution in [3.63, 3.8) is 0 Å². The lowest BCUT2D eigenvalue weighted by Gasteiger charge is -2.30. The Bertz CT molecular complexity index is 858. The maximum atomic E-state index is 12.2. The van der Waals surface area contributed by atoms with E-state index in [1.807, 2.05) is 31.2 Å². The Labute approximate surface area is 185 Å². The fourth-order valence-electron chi connectivity index (χ4n) is 4.41. The number of rotatable bonds is 10. The zero-order valence-corrected chi connectivity index (χ0v) is 19.2. The molecule has 0 spiro atoms. The first-order valence-electron chi connectivity index (χ1n) is 11.7. The van der Waals surface area contributed by atoms with Crippen LogP contribution in [0.3, 0.4) is 0 Å². The Morgan fingerprint density at radius 2 is 1.97 bits per heavy atom. The number of nitrogens with one attached hydrogen (secondary N) is 1. The average molecular weight is 428 g/mol. The van der Waals surface area contributed by atoms with E-state index in [-0.39, 0.29) is 24.7 Å². The van der Waals surface area contributed by atoms with E-state index >= 15 is 0 Å². The van der Waals surface area contributed by atoms with E-state index < -0.39 is 0 Å². The molecule has 0 unspecified atom stereocenters. The second kappa shape index (κ2) is 11.3. The summed E-state index contributed by atoms with van der Waals surface area (Å²) in [5, 5.41) is 4.00. The van der Waals surface area contributed by atoms with Gasteiger partial charge in [0.05, 0.1) is 17.0 Å². The van der Waals surface area contributed by atoms with Crippen LogP contribution in [0.4, 0.5) is 5.69 Å². The number of ether oxygens (including phenoxy) is 2. The molecule has 0 atom stereocenters. The number of fused-ring (bicyclic) bond motifs is 1. The number of nitrogens with zero attached hydrogens (tertiary/aromatic N) is 1. The predicted molar refractivity (Wildman–Crippen MR) is 125 cm³/mol. The van der Waals surface area contributed by atoms with Crippen LogP contribution in [0.15, 0.2) is 24.3 Å². The second-order valence-corrected chi connectivity index (χ2v) is 8.69. The summed E-state index contributed by atoms with van der Waals surface area (Å²) >= 11 is 0. The van der Waals surface area contributed by atoms with Crippen molar-refractivity contribution >= 4 is 22.5 Å². The largest absolute Gasteiger partial charge is 0.490 e. The third-order valence-electron chi connectivity index (χ3n) is 6.35. The Hall–Kier alpha value is -2.34. The topological polar surface area (TPSA) is 86.5 Å². The summed E-state index contributed by atoms with van der Waals surface area (Å²) < 4.78 is 11.9. The monoisotopic (exact) mass is 427 g/mol. The van der Waals surface area contributed by atoms with Gasteiger partial charge in [0, 0.05) is 24.0 Å². The van der Waals surface area contributed by atoms with E-state index in [4.69, 9.17) is 15.2 Å². The van der Waals surface area contributed by atoms with Gasteiger partial charge in [0.25, 0.3) is 0 Å². The zero-order chi connectivity index (χ0) is 22.2. The van der Waals surface area contributed by atoms with Crippen LogP contribution < -0.4 is 15.8 Å². The Kier molecular flexibility index (Phi) is 8.52. The van der Waals surface area contributed by atoms with E-state index in [0.29, 0.717) is 18.2 Å². The molecule has 0 radical (unpaired) electrons. The van der Waals surface area contributed by atoms with Crippen molar-refractivity contribution in [2.45, 2.75) is 77.9 Å². The molecule has 0 saturated heterocycles. The predicted octanol–water partition coefficient (Wildman–Crippen LogP) is 4.77. The number of amides is 1. The molecule has 1 aromatic heterocycles. The van der Waals surface area contributed by atoms with Crippen molar-refractivity contribution in [3.05, 3.63) is 30.0 Å². The smallest absolute Gasteiger partial charge is 0.246 e. The third-order valence-corrected chi connectivity index (χ3v) is 6.35. The van der Waals surface area contributed by atoms with Crippen molar-refractivity contribution < 1.29 is 14.3 Å². The SMILES string of the molecule is CCC(CC)CCOCC(=O)NC1CCC(Oc2cccc3nc(C)cc(N)c23)CC1. The van der Waals surface area contributed by atoms with E-state index in [1.54, 1.807) is 0 Å². The van der Waals surface area contributed by atoms with Crippen LogP contribution in [0.5, 0.6) is 5.75 Å². The molecule has 0 aliphatic heterocycles. The van der Waals surface area contributed by atoms with Crippen molar-refractivity contribution in [2.24, 2.45) is 5.92 Å². The highest BCUT2D eigenvalue weighted by atomic mass is 16.5. The molecule has 1 aliphatic carbocycles. The minimum atomic E-state index is -0.0165. The fraction of sp³-hybridized carbons (Fsp3) is 0.600. The second-order valence-electron chi connectivity index (χ2n) is 8.69. The first-order valence-corrected chi connectivity index (χ1v) is 11.7. The van der Waals surface area contributed by atoms with Crippen LogP contribution in [0.1, 0.15) is 64.5 Å². The number of nitrogens with two attached hydrogens (primary N) is 1. The van der Waals surface area contributed by atoms with Crippen LogP contribution in [0.2, 0.25) is 0 Å². The molecule has 1 aliphatic rings. The van der Waals surface area contributed by atoms with E-state index in [9.17, 15) is 4.79 Å². The Morgan fingerprint density at radius 1 is 1.23 bits per heavy atom. The molecule has 1 fully saturated rings. The maximum Gasteiger partial charge on any atom is 0.246 e. The van der Waals surface area contributed by atoms with Gasteiger partial charge in [0.15, 0.2) is 0 Å².